The van der Waals surface area contributed by atoms with Gasteiger partial charge in [0.2, 0.25) is 5.95 Å². The number of thiophene rings is 1. The van der Waals surface area contributed by atoms with Gasteiger partial charge in [0.1, 0.15) is 5.52 Å². The number of rotatable bonds is 4. The Labute approximate surface area is 80.2 Å². The lowest BCUT2D eigenvalue weighted by Crippen LogP contribution is -2.09. The standard InChI is InChI=1S/C8H12N4S/c9-2-1-3-10-8-11-6-4-13-5-7(6)12-8/h4-5H,1-3,9H2,(H2,10,11,12). The monoisotopic (exact) mass is 196 g/mol. The van der Waals surface area contributed by atoms with Crippen LogP contribution in [0.3, 0.4) is 0 Å². The molecule has 0 unspecified atom stereocenters. The molecular formula is C8H12N4S. The number of aromatic nitrogens is 2. The Morgan fingerprint density at radius 3 is 3.23 bits per heavy atom. The van der Waals surface area contributed by atoms with Crippen molar-refractivity contribution in [1.29, 1.82) is 0 Å². The summed E-state index contributed by atoms with van der Waals surface area (Å²) in [6.07, 6.45) is 0.966. The Bertz CT molecular complexity index is 350. The maximum absolute atomic E-state index is 5.38. The van der Waals surface area contributed by atoms with Crippen LogP contribution in [-0.4, -0.2) is 23.1 Å². The van der Waals surface area contributed by atoms with Gasteiger partial charge in [0.25, 0.3) is 0 Å². The molecule has 0 bridgehead atoms. The van der Waals surface area contributed by atoms with E-state index in [4.69, 9.17) is 5.73 Å². The molecule has 5 heteroatoms. The minimum Gasteiger partial charge on any atom is -0.356 e. The first-order valence-electron chi connectivity index (χ1n) is 4.26. The van der Waals surface area contributed by atoms with Gasteiger partial charge in [-0.3, -0.25) is 0 Å². The third kappa shape index (κ3) is 1.81. The molecule has 0 aliphatic carbocycles. The van der Waals surface area contributed by atoms with Gasteiger partial charge >= 0.3 is 0 Å². The van der Waals surface area contributed by atoms with E-state index in [1.807, 2.05) is 5.38 Å². The van der Waals surface area contributed by atoms with Gasteiger partial charge in [0, 0.05) is 17.3 Å². The maximum atomic E-state index is 5.38. The first kappa shape index (κ1) is 8.52. The quantitative estimate of drug-likeness (QED) is 0.647. The van der Waals surface area contributed by atoms with Crippen LogP contribution in [0.25, 0.3) is 11.0 Å². The molecule has 0 atom stereocenters. The van der Waals surface area contributed by atoms with E-state index >= 15 is 0 Å². The molecule has 0 amide bonds. The second kappa shape index (κ2) is 3.76. The molecule has 0 spiro atoms. The van der Waals surface area contributed by atoms with E-state index in [1.54, 1.807) is 11.3 Å². The highest BCUT2D eigenvalue weighted by atomic mass is 32.1. The second-order valence-electron chi connectivity index (χ2n) is 2.83. The van der Waals surface area contributed by atoms with Gasteiger partial charge in [-0.1, -0.05) is 0 Å². The van der Waals surface area contributed by atoms with E-state index in [1.165, 1.54) is 0 Å². The van der Waals surface area contributed by atoms with Crippen molar-refractivity contribution in [1.82, 2.24) is 9.97 Å². The summed E-state index contributed by atoms with van der Waals surface area (Å²) in [4.78, 5) is 7.53. The summed E-state index contributed by atoms with van der Waals surface area (Å²) in [6.45, 7) is 1.58. The summed E-state index contributed by atoms with van der Waals surface area (Å²) < 4.78 is 0. The molecule has 0 radical (unpaired) electrons. The highest BCUT2D eigenvalue weighted by Crippen LogP contribution is 2.17. The van der Waals surface area contributed by atoms with Gasteiger partial charge in [-0.25, -0.2) is 4.98 Å². The summed E-state index contributed by atoms with van der Waals surface area (Å²) in [5, 5.41) is 7.26. The number of aromatic amines is 1. The minimum atomic E-state index is 0.710. The SMILES string of the molecule is NCCCNc1nc2cscc2[nH]1. The Kier molecular flexibility index (Phi) is 2.47. The number of nitrogens with two attached hydrogens (primary N) is 1. The molecular weight excluding hydrogens is 184 g/mol. The zero-order chi connectivity index (χ0) is 9.10. The summed E-state index contributed by atoms with van der Waals surface area (Å²) in [7, 11) is 0. The van der Waals surface area contributed by atoms with Crippen LogP contribution < -0.4 is 11.1 Å². The van der Waals surface area contributed by atoms with Gasteiger partial charge in [0.15, 0.2) is 0 Å². The van der Waals surface area contributed by atoms with Gasteiger partial charge in [-0.15, -0.1) is 11.3 Å². The van der Waals surface area contributed by atoms with Crippen molar-refractivity contribution >= 4 is 28.3 Å². The maximum Gasteiger partial charge on any atom is 0.201 e. The molecule has 4 nitrogen and oxygen atoms in total. The Hall–Kier alpha value is -1.07. The normalized spacial score (nSPS) is 10.8. The van der Waals surface area contributed by atoms with Crippen molar-refractivity contribution in [2.45, 2.75) is 6.42 Å². The molecule has 0 aliphatic heterocycles. The fraction of sp³-hybridized carbons (Fsp3) is 0.375. The third-order valence-electron chi connectivity index (χ3n) is 1.80. The molecule has 0 aromatic carbocycles. The Balaban J connectivity index is 2.03. The largest absolute Gasteiger partial charge is 0.356 e. The minimum absolute atomic E-state index is 0.710. The first-order chi connectivity index (χ1) is 6.40. The lowest BCUT2D eigenvalue weighted by atomic mass is 10.4. The molecule has 2 aromatic rings. The summed E-state index contributed by atoms with van der Waals surface area (Å²) >= 11 is 1.66. The van der Waals surface area contributed by atoms with Crippen molar-refractivity contribution in [3.63, 3.8) is 0 Å². The Morgan fingerprint density at radius 2 is 2.46 bits per heavy atom. The first-order valence-corrected chi connectivity index (χ1v) is 5.20. The smallest absolute Gasteiger partial charge is 0.201 e. The summed E-state index contributed by atoms with van der Waals surface area (Å²) in [5.41, 5.74) is 7.50. The number of fused-ring (bicyclic) bond motifs is 1. The molecule has 2 heterocycles. The molecule has 0 saturated carbocycles. The molecule has 2 rings (SSSR count). The molecule has 70 valence electrons. The number of anilines is 1. The number of hydrogen-bond acceptors (Lipinski definition) is 4. The number of hydrogen-bond donors (Lipinski definition) is 3. The molecule has 0 fully saturated rings. The number of imidazole rings is 1. The van der Waals surface area contributed by atoms with Gasteiger partial charge in [0.05, 0.1) is 5.52 Å². The average Bonchev–Trinajstić information content (AvgIpc) is 2.64. The zero-order valence-electron chi connectivity index (χ0n) is 7.21. The van der Waals surface area contributed by atoms with E-state index in [2.05, 4.69) is 20.7 Å². The lowest BCUT2D eigenvalue weighted by Gasteiger charge is -1.99. The van der Waals surface area contributed by atoms with Crippen LogP contribution in [-0.2, 0) is 0 Å². The van der Waals surface area contributed by atoms with Crippen molar-refractivity contribution in [2.75, 3.05) is 18.4 Å². The van der Waals surface area contributed by atoms with Crippen LogP contribution in [0, 0.1) is 0 Å². The Morgan fingerprint density at radius 1 is 1.54 bits per heavy atom. The van der Waals surface area contributed by atoms with E-state index in [9.17, 15) is 0 Å². The zero-order valence-corrected chi connectivity index (χ0v) is 8.03. The fourth-order valence-corrected chi connectivity index (χ4v) is 1.83. The van der Waals surface area contributed by atoms with Crippen molar-refractivity contribution in [2.24, 2.45) is 5.73 Å². The van der Waals surface area contributed by atoms with Crippen LogP contribution in [0.5, 0.6) is 0 Å². The van der Waals surface area contributed by atoms with E-state index < -0.39 is 0 Å². The number of nitrogens with zero attached hydrogens (tertiary/aromatic N) is 1. The number of nitrogens with one attached hydrogen (secondary N) is 2. The second-order valence-corrected chi connectivity index (χ2v) is 3.57. The van der Waals surface area contributed by atoms with Crippen LogP contribution in [0.15, 0.2) is 10.8 Å². The van der Waals surface area contributed by atoms with Crippen molar-refractivity contribution in [3.05, 3.63) is 10.8 Å². The van der Waals surface area contributed by atoms with Crippen LogP contribution in [0.2, 0.25) is 0 Å². The summed E-state index contributed by atoms with van der Waals surface area (Å²) in [6, 6.07) is 0. The highest BCUT2D eigenvalue weighted by molar-refractivity contribution is 7.09. The van der Waals surface area contributed by atoms with Crippen LogP contribution >= 0.6 is 11.3 Å². The molecule has 0 saturated heterocycles. The summed E-state index contributed by atoms with van der Waals surface area (Å²) in [5.74, 6) is 0.839. The fourth-order valence-electron chi connectivity index (χ4n) is 1.14. The predicted molar refractivity (Wildman–Crippen MR) is 56.1 cm³/mol. The highest BCUT2D eigenvalue weighted by Gasteiger charge is 2.01. The van der Waals surface area contributed by atoms with Crippen molar-refractivity contribution in [3.8, 4) is 0 Å². The van der Waals surface area contributed by atoms with Gasteiger partial charge in [-0.2, -0.15) is 0 Å². The third-order valence-corrected chi connectivity index (χ3v) is 2.53. The van der Waals surface area contributed by atoms with Crippen molar-refractivity contribution < 1.29 is 0 Å². The lowest BCUT2D eigenvalue weighted by molar-refractivity contribution is 0.867. The average molecular weight is 196 g/mol. The molecule has 2 aromatic heterocycles. The van der Waals surface area contributed by atoms with E-state index in [-0.39, 0.29) is 0 Å². The van der Waals surface area contributed by atoms with Gasteiger partial charge < -0.3 is 16.0 Å². The predicted octanol–water partition coefficient (Wildman–Crippen LogP) is 1.39. The van der Waals surface area contributed by atoms with Crippen LogP contribution in [0.1, 0.15) is 6.42 Å². The van der Waals surface area contributed by atoms with Crippen LogP contribution in [0.4, 0.5) is 5.95 Å². The van der Waals surface area contributed by atoms with E-state index in [0.29, 0.717) is 6.54 Å². The topological polar surface area (TPSA) is 66.7 Å². The van der Waals surface area contributed by atoms with Gasteiger partial charge in [-0.05, 0) is 13.0 Å². The molecule has 4 N–H and O–H groups in total. The van der Waals surface area contributed by atoms with E-state index in [0.717, 1.165) is 29.9 Å². The molecule has 13 heavy (non-hydrogen) atoms. The number of H-pyrrole nitrogens is 1. The molecule has 0 aliphatic rings.